The zero-order valence-corrected chi connectivity index (χ0v) is 12.1. The predicted molar refractivity (Wildman–Crippen MR) is 80.7 cm³/mol. The third-order valence-corrected chi connectivity index (χ3v) is 2.76. The van der Waals surface area contributed by atoms with E-state index in [4.69, 9.17) is 9.47 Å². The van der Waals surface area contributed by atoms with Crippen molar-refractivity contribution >= 4 is 18.2 Å². The normalized spacial score (nSPS) is 13.3. The Balaban J connectivity index is 1.99. The first-order valence-corrected chi connectivity index (χ1v) is 6.80. The number of nitrogens with one attached hydrogen (secondary N) is 1. The molecule has 0 saturated carbocycles. The van der Waals surface area contributed by atoms with E-state index in [0.29, 0.717) is 0 Å². The van der Waals surface area contributed by atoms with Gasteiger partial charge in [0.05, 0.1) is 18.4 Å². The lowest BCUT2D eigenvalue weighted by Crippen LogP contribution is -2.17. The van der Waals surface area contributed by atoms with Crippen molar-refractivity contribution in [3.63, 3.8) is 0 Å². The van der Waals surface area contributed by atoms with Crippen molar-refractivity contribution in [3.05, 3.63) is 59.3 Å². The second kappa shape index (κ2) is 7.78. The van der Waals surface area contributed by atoms with Crippen LogP contribution in [0.3, 0.4) is 0 Å². The van der Waals surface area contributed by atoms with Crippen LogP contribution in [0, 0.1) is 0 Å². The molecule has 1 aromatic carbocycles. The van der Waals surface area contributed by atoms with Gasteiger partial charge in [-0.1, -0.05) is 30.3 Å². The molecule has 2 rings (SSSR count). The largest absolute Gasteiger partial charge is 0.461 e. The molecule has 0 unspecified atom stereocenters. The molecule has 0 atom stereocenters. The molecule has 1 aliphatic heterocycles. The Morgan fingerprint density at radius 1 is 1.09 bits per heavy atom. The van der Waals surface area contributed by atoms with Crippen molar-refractivity contribution in [3.8, 4) is 0 Å². The van der Waals surface area contributed by atoms with Crippen molar-refractivity contribution in [1.29, 1.82) is 0 Å². The Hall–Kier alpha value is -2.89. The van der Waals surface area contributed by atoms with Gasteiger partial charge < -0.3 is 9.47 Å². The molecule has 0 amide bonds. The Bertz CT molecular complexity index is 633. The number of hydrogen-bond acceptors (Lipinski definition) is 6. The Kier molecular flexibility index (Phi) is 5.48. The van der Waals surface area contributed by atoms with Crippen molar-refractivity contribution < 1.29 is 19.1 Å². The molecule has 114 valence electrons. The summed E-state index contributed by atoms with van der Waals surface area (Å²) >= 11 is 0. The first-order valence-electron chi connectivity index (χ1n) is 6.80. The summed E-state index contributed by atoms with van der Waals surface area (Å²) in [6.07, 6.45) is 4.20. The fourth-order valence-electron chi connectivity index (χ4n) is 1.67. The first kappa shape index (κ1) is 15.5. The average Bonchev–Trinajstić information content (AvgIpc) is 2.80. The molecule has 1 aromatic rings. The maximum Gasteiger partial charge on any atom is 0.356 e. The fourth-order valence-corrected chi connectivity index (χ4v) is 1.67. The number of ether oxygens (including phenoxy) is 2. The van der Waals surface area contributed by atoms with Gasteiger partial charge in [-0.15, -0.1) is 0 Å². The number of carbonyl (C=O) groups is 2. The van der Waals surface area contributed by atoms with E-state index in [-0.39, 0.29) is 24.5 Å². The molecule has 0 radical (unpaired) electrons. The highest BCUT2D eigenvalue weighted by atomic mass is 16.5. The molecule has 1 heterocycles. The molecule has 6 nitrogen and oxygen atoms in total. The second-order valence-electron chi connectivity index (χ2n) is 4.35. The summed E-state index contributed by atoms with van der Waals surface area (Å²) < 4.78 is 10.0. The first-order chi connectivity index (χ1) is 10.7. The van der Waals surface area contributed by atoms with E-state index in [0.717, 1.165) is 5.56 Å². The van der Waals surface area contributed by atoms with Crippen LogP contribution in [-0.4, -0.2) is 24.8 Å². The summed E-state index contributed by atoms with van der Waals surface area (Å²) in [6.45, 7) is 2.14. The minimum Gasteiger partial charge on any atom is -0.461 e. The number of hydrazone groups is 1. The van der Waals surface area contributed by atoms with Gasteiger partial charge in [0.25, 0.3) is 0 Å². The summed E-state index contributed by atoms with van der Waals surface area (Å²) in [7, 11) is 0. The van der Waals surface area contributed by atoms with Crippen LogP contribution in [-0.2, 0) is 25.7 Å². The number of rotatable bonds is 5. The van der Waals surface area contributed by atoms with Crippen LogP contribution in [0.1, 0.15) is 12.5 Å². The van der Waals surface area contributed by atoms with Crippen molar-refractivity contribution in [2.24, 2.45) is 5.10 Å². The van der Waals surface area contributed by atoms with Crippen molar-refractivity contribution in [2.75, 3.05) is 6.61 Å². The van der Waals surface area contributed by atoms with Crippen LogP contribution in [0.2, 0.25) is 0 Å². The lowest BCUT2D eigenvalue weighted by Gasteiger charge is -2.04. The number of hydrogen-bond donors (Lipinski definition) is 1. The van der Waals surface area contributed by atoms with Crippen LogP contribution in [0.4, 0.5) is 0 Å². The molecule has 0 aliphatic carbocycles. The van der Waals surface area contributed by atoms with Crippen molar-refractivity contribution in [2.45, 2.75) is 13.5 Å². The molecule has 1 N–H and O–H groups in total. The zero-order chi connectivity index (χ0) is 15.8. The molecule has 22 heavy (non-hydrogen) atoms. The fraction of sp³-hybridized carbons (Fsp3) is 0.188. The molecule has 0 aromatic heterocycles. The van der Waals surface area contributed by atoms with E-state index in [1.165, 1.54) is 18.4 Å². The number of allylic oxidation sites excluding steroid dienone is 2. The van der Waals surface area contributed by atoms with Crippen LogP contribution in [0.25, 0.3) is 0 Å². The van der Waals surface area contributed by atoms with Gasteiger partial charge in [0, 0.05) is 0 Å². The zero-order valence-electron chi connectivity index (χ0n) is 12.1. The monoisotopic (exact) mass is 300 g/mol. The highest BCUT2D eigenvalue weighted by molar-refractivity contribution is 6.10. The van der Waals surface area contributed by atoms with E-state index in [2.05, 4.69) is 10.5 Å². The van der Waals surface area contributed by atoms with Crippen LogP contribution in [0.5, 0.6) is 0 Å². The quantitative estimate of drug-likeness (QED) is 0.837. The van der Waals surface area contributed by atoms with Gasteiger partial charge in [-0.3, -0.25) is 5.43 Å². The van der Waals surface area contributed by atoms with E-state index in [9.17, 15) is 9.59 Å². The van der Waals surface area contributed by atoms with Gasteiger partial charge in [0.15, 0.2) is 0 Å². The highest BCUT2D eigenvalue weighted by Crippen LogP contribution is 2.07. The summed E-state index contributed by atoms with van der Waals surface area (Å²) in [4.78, 5) is 23.5. The van der Waals surface area contributed by atoms with E-state index in [1.54, 1.807) is 6.92 Å². The maximum atomic E-state index is 12.0. The molecule has 0 bridgehead atoms. The molecular formula is C16H16N2O4. The van der Waals surface area contributed by atoms with Gasteiger partial charge in [-0.05, 0) is 24.6 Å². The average molecular weight is 300 g/mol. The second-order valence-corrected chi connectivity index (χ2v) is 4.35. The van der Waals surface area contributed by atoms with Gasteiger partial charge >= 0.3 is 11.9 Å². The third kappa shape index (κ3) is 4.31. The molecule has 1 aliphatic rings. The minimum absolute atomic E-state index is 0.156. The van der Waals surface area contributed by atoms with Crippen LogP contribution < -0.4 is 5.43 Å². The molecule has 0 spiro atoms. The van der Waals surface area contributed by atoms with Crippen LogP contribution >= 0.6 is 0 Å². The summed E-state index contributed by atoms with van der Waals surface area (Å²) in [5.74, 6) is -1.05. The maximum absolute atomic E-state index is 12.0. The predicted octanol–water partition coefficient (Wildman–Crippen LogP) is 1.69. The Morgan fingerprint density at radius 3 is 2.59 bits per heavy atom. The van der Waals surface area contributed by atoms with E-state index < -0.39 is 11.9 Å². The number of nitrogens with zero attached hydrogens (tertiary/aromatic N) is 1. The number of benzene rings is 1. The molecule has 0 fully saturated rings. The summed E-state index contributed by atoms with van der Waals surface area (Å²) in [5.41, 5.74) is 3.81. The lowest BCUT2D eigenvalue weighted by atomic mass is 10.2. The molecule has 0 saturated heterocycles. The summed E-state index contributed by atoms with van der Waals surface area (Å²) in [5, 5.41) is 3.80. The molecule has 6 heteroatoms. The highest BCUT2D eigenvalue weighted by Gasteiger charge is 2.14. The van der Waals surface area contributed by atoms with Gasteiger partial charge in [-0.2, -0.15) is 5.10 Å². The van der Waals surface area contributed by atoms with E-state index >= 15 is 0 Å². The SMILES string of the molecule is CCOC(=O)C1=CC=C(C(=O)OCc2ccccc2)C=NN1. The van der Waals surface area contributed by atoms with E-state index in [1.807, 2.05) is 30.3 Å². The Labute approximate surface area is 128 Å². The Morgan fingerprint density at radius 2 is 1.86 bits per heavy atom. The number of esters is 2. The topological polar surface area (TPSA) is 77.0 Å². The smallest absolute Gasteiger partial charge is 0.356 e. The standard InChI is InChI=1S/C16H16N2O4/c1-2-21-16(20)14-9-8-13(10-17-18-14)15(19)22-11-12-6-4-3-5-7-12/h3-10,18H,2,11H2,1H3. The van der Waals surface area contributed by atoms with Gasteiger partial charge in [0.2, 0.25) is 0 Å². The minimum atomic E-state index is -0.533. The van der Waals surface area contributed by atoms with Crippen molar-refractivity contribution in [1.82, 2.24) is 5.43 Å². The lowest BCUT2D eigenvalue weighted by molar-refractivity contribution is -0.140. The van der Waals surface area contributed by atoms with Gasteiger partial charge in [0.1, 0.15) is 12.3 Å². The van der Waals surface area contributed by atoms with Gasteiger partial charge in [-0.25, -0.2) is 9.59 Å². The number of carbonyl (C=O) groups excluding carboxylic acids is 2. The van der Waals surface area contributed by atoms with Crippen LogP contribution in [0.15, 0.2) is 58.9 Å². The third-order valence-electron chi connectivity index (χ3n) is 2.76. The summed E-state index contributed by atoms with van der Waals surface area (Å²) in [6, 6.07) is 9.35. The molecular weight excluding hydrogens is 284 g/mol.